The van der Waals surface area contributed by atoms with Gasteiger partial charge in [0.05, 0.1) is 13.2 Å². The lowest BCUT2D eigenvalue weighted by Crippen LogP contribution is -2.37. The van der Waals surface area contributed by atoms with Crippen LogP contribution in [-0.4, -0.2) is 37.7 Å². The fourth-order valence-corrected chi connectivity index (χ4v) is 2.21. The van der Waals surface area contributed by atoms with Crippen LogP contribution in [0.15, 0.2) is 24.3 Å². The second kappa shape index (κ2) is 6.15. The molecule has 0 bridgehead atoms. The van der Waals surface area contributed by atoms with Crippen molar-refractivity contribution in [2.45, 2.75) is 19.4 Å². The highest BCUT2D eigenvalue weighted by atomic mass is 16.5. The topological polar surface area (TPSA) is 38.5 Å². The predicted molar refractivity (Wildman–Crippen MR) is 70.0 cm³/mol. The van der Waals surface area contributed by atoms with E-state index in [0.29, 0.717) is 0 Å². The van der Waals surface area contributed by atoms with Crippen LogP contribution in [0.1, 0.15) is 23.6 Å². The number of hydrogen-bond donors (Lipinski definition) is 1. The number of ether oxygens (including phenoxy) is 1. The molecule has 3 nitrogen and oxygen atoms in total. The van der Waals surface area contributed by atoms with Gasteiger partial charge in [-0.15, -0.1) is 0 Å². The van der Waals surface area contributed by atoms with Crippen LogP contribution in [0.4, 0.5) is 0 Å². The largest absolute Gasteiger partial charge is 0.379 e. The predicted octanol–water partition coefficient (Wildman–Crippen LogP) is 1.72. The van der Waals surface area contributed by atoms with Gasteiger partial charge >= 0.3 is 0 Å². The zero-order valence-corrected chi connectivity index (χ0v) is 10.6. The molecule has 0 saturated carbocycles. The van der Waals surface area contributed by atoms with Crippen LogP contribution < -0.4 is 5.73 Å². The minimum atomic E-state index is 0.151. The van der Waals surface area contributed by atoms with Gasteiger partial charge in [-0.05, 0) is 18.9 Å². The van der Waals surface area contributed by atoms with Gasteiger partial charge in [0, 0.05) is 25.7 Å². The van der Waals surface area contributed by atoms with Crippen LogP contribution in [0.3, 0.4) is 0 Å². The summed E-state index contributed by atoms with van der Waals surface area (Å²) in [6.45, 7) is 6.98. The minimum Gasteiger partial charge on any atom is -0.379 e. The number of nitrogens with two attached hydrogens (primary N) is 1. The van der Waals surface area contributed by atoms with E-state index < -0.39 is 0 Å². The standard InChI is InChI=1S/C14H22N2O/c1-12-3-2-4-13(11-12)14(15)5-6-16-7-9-17-10-8-16/h2-4,11,14H,5-10,15H2,1H3. The third kappa shape index (κ3) is 3.80. The summed E-state index contributed by atoms with van der Waals surface area (Å²) in [5, 5.41) is 0. The number of benzene rings is 1. The van der Waals surface area contributed by atoms with Crippen molar-refractivity contribution < 1.29 is 4.74 Å². The van der Waals surface area contributed by atoms with Crippen molar-refractivity contribution in [3.05, 3.63) is 35.4 Å². The fourth-order valence-electron chi connectivity index (χ4n) is 2.21. The third-order valence-corrected chi connectivity index (χ3v) is 3.33. The van der Waals surface area contributed by atoms with Crippen molar-refractivity contribution in [3.63, 3.8) is 0 Å². The van der Waals surface area contributed by atoms with Gasteiger partial charge in [0.15, 0.2) is 0 Å². The molecule has 3 heteroatoms. The van der Waals surface area contributed by atoms with Gasteiger partial charge in [-0.25, -0.2) is 0 Å². The molecular formula is C14H22N2O. The molecule has 1 unspecified atom stereocenters. The van der Waals surface area contributed by atoms with Gasteiger partial charge in [0.25, 0.3) is 0 Å². The lowest BCUT2D eigenvalue weighted by atomic mass is 10.0. The van der Waals surface area contributed by atoms with Crippen molar-refractivity contribution in [1.82, 2.24) is 4.90 Å². The fraction of sp³-hybridized carbons (Fsp3) is 0.571. The first-order valence-electron chi connectivity index (χ1n) is 6.38. The summed E-state index contributed by atoms with van der Waals surface area (Å²) in [6.07, 6.45) is 1.02. The Balaban J connectivity index is 1.82. The van der Waals surface area contributed by atoms with E-state index in [-0.39, 0.29) is 6.04 Å². The first-order valence-corrected chi connectivity index (χ1v) is 6.38. The maximum atomic E-state index is 6.22. The Morgan fingerprint density at radius 1 is 1.35 bits per heavy atom. The average molecular weight is 234 g/mol. The number of aryl methyl sites for hydroxylation is 1. The van der Waals surface area contributed by atoms with Crippen molar-refractivity contribution in [1.29, 1.82) is 0 Å². The number of rotatable bonds is 4. The third-order valence-electron chi connectivity index (χ3n) is 3.33. The summed E-state index contributed by atoms with van der Waals surface area (Å²) in [4.78, 5) is 2.43. The summed E-state index contributed by atoms with van der Waals surface area (Å²) >= 11 is 0. The van der Waals surface area contributed by atoms with E-state index in [2.05, 4.69) is 36.1 Å². The molecule has 0 spiro atoms. The number of nitrogens with zero attached hydrogens (tertiary/aromatic N) is 1. The van der Waals surface area contributed by atoms with Crippen LogP contribution in [0.25, 0.3) is 0 Å². The molecule has 2 rings (SSSR count). The van der Waals surface area contributed by atoms with E-state index in [1.807, 2.05) is 0 Å². The summed E-state index contributed by atoms with van der Waals surface area (Å²) in [6, 6.07) is 8.65. The molecule has 1 fully saturated rings. The Morgan fingerprint density at radius 2 is 2.12 bits per heavy atom. The van der Waals surface area contributed by atoms with Crippen LogP contribution in [0.5, 0.6) is 0 Å². The highest BCUT2D eigenvalue weighted by molar-refractivity contribution is 5.24. The van der Waals surface area contributed by atoms with E-state index in [0.717, 1.165) is 39.3 Å². The highest BCUT2D eigenvalue weighted by Crippen LogP contribution is 2.16. The van der Waals surface area contributed by atoms with Gasteiger partial charge < -0.3 is 10.5 Å². The monoisotopic (exact) mass is 234 g/mol. The normalized spacial score (nSPS) is 19.2. The molecule has 1 aromatic carbocycles. The van der Waals surface area contributed by atoms with Gasteiger partial charge in [-0.2, -0.15) is 0 Å². The zero-order chi connectivity index (χ0) is 12.1. The molecule has 0 aromatic heterocycles. The molecule has 17 heavy (non-hydrogen) atoms. The molecule has 0 amide bonds. The van der Waals surface area contributed by atoms with Crippen LogP contribution >= 0.6 is 0 Å². The Bertz CT molecular complexity index is 348. The lowest BCUT2D eigenvalue weighted by Gasteiger charge is -2.27. The maximum absolute atomic E-state index is 6.22. The molecule has 1 saturated heterocycles. The van der Waals surface area contributed by atoms with E-state index >= 15 is 0 Å². The summed E-state index contributed by atoms with van der Waals surface area (Å²) < 4.78 is 5.33. The molecule has 0 radical (unpaired) electrons. The second-order valence-electron chi connectivity index (χ2n) is 4.76. The highest BCUT2D eigenvalue weighted by Gasteiger charge is 2.12. The summed E-state index contributed by atoms with van der Waals surface area (Å²) in [5.41, 5.74) is 8.75. The van der Waals surface area contributed by atoms with E-state index in [9.17, 15) is 0 Å². The summed E-state index contributed by atoms with van der Waals surface area (Å²) in [5.74, 6) is 0. The average Bonchev–Trinajstić information content (AvgIpc) is 2.37. The van der Waals surface area contributed by atoms with E-state index in [1.54, 1.807) is 0 Å². The Labute approximate surface area is 104 Å². The lowest BCUT2D eigenvalue weighted by molar-refractivity contribution is 0.0366. The molecule has 94 valence electrons. The summed E-state index contributed by atoms with van der Waals surface area (Å²) in [7, 11) is 0. The van der Waals surface area contributed by atoms with Gasteiger partial charge in [0.1, 0.15) is 0 Å². The van der Waals surface area contributed by atoms with E-state index in [4.69, 9.17) is 10.5 Å². The van der Waals surface area contributed by atoms with Gasteiger partial charge in [-0.3, -0.25) is 4.90 Å². The molecule has 0 aliphatic carbocycles. The molecule has 1 aromatic rings. The first kappa shape index (κ1) is 12.6. The first-order chi connectivity index (χ1) is 8.25. The van der Waals surface area contributed by atoms with Crippen LogP contribution in [0.2, 0.25) is 0 Å². The molecule has 1 heterocycles. The molecule has 1 atom stereocenters. The number of hydrogen-bond acceptors (Lipinski definition) is 3. The Hall–Kier alpha value is -0.900. The molecule has 1 aliphatic heterocycles. The van der Waals surface area contributed by atoms with Gasteiger partial charge in [0.2, 0.25) is 0 Å². The maximum Gasteiger partial charge on any atom is 0.0594 e. The smallest absolute Gasteiger partial charge is 0.0594 e. The van der Waals surface area contributed by atoms with Crippen molar-refractivity contribution in [2.24, 2.45) is 5.73 Å². The van der Waals surface area contributed by atoms with Crippen molar-refractivity contribution in [2.75, 3.05) is 32.8 Å². The van der Waals surface area contributed by atoms with Crippen LogP contribution in [0, 0.1) is 6.92 Å². The second-order valence-corrected chi connectivity index (χ2v) is 4.76. The quantitative estimate of drug-likeness (QED) is 0.862. The van der Waals surface area contributed by atoms with Crippen molar-refractivity contribution >= 4 is 0 Å². The van der Waals surface area contributed by atoms with Crippen molar-refractivity contribution in [3.8, 4) is 0 Å². The minimum absolute atomic E-state index is 0.151. The SMILES string of the molecule is Cc1cccc(C(N)CCN2CCOCC2)c1. The van der Waals surface area contributed by atoms with E-state index in [1.165, 1.54) is 11.1 Å². The van der Waals surface area contributed by atoms with Gasteiger partial charge in [-0.1, -0.05) is 29.8 Å². The molecule has 2 N–H and O–H groups in total. The zero-order valence-electron chi connectivity index (χ0n) is 10.6. The number of morpholine rings is 1. The molecule has 1 aliphatic rings. The Morgan fingerprint density at radius 3 is 2.82 bits per heavy atom. The van der Waals surface area contributed by atoms with Crippen LogP contribution in [-0.2, 0) is 4.74 Å². The Kier molecular flexibility index (Phi) is 4.54. The molecular weight excluding hydrogens is 212 g/mol.